The Bertz CT molecular complexity index is 888. The summed E-state index contributed by atoms with van der Waals surface area (Å²) in [5.74, 6) is 0.513. The molecule has 0 aliphatic heterocycles. The first-order valence-electron chi connectivity index (χ1n) is 9.60. The monoisotopic (exact) mass is 415 g/mol. The second-order valence-corrected chi connectivity index (χ2v) is 7.62. The lowest BCUT2D eigenvalue weighted by Gasteiger charge is -2.26. The number of amides is 1. The van der Waals surface area contributed by atoms with Crippen molar-refractivity contribution in [3.05, 3.63) is 53.6 Å². The minimum absolute atomic E-state index is 0.354. The Morgan fingerprint density at radius 3 is 2.33 bits per heavy atom. The van der Waals surface area contributed by atoms with Crippen LogP contribution in [0.25, 0.3) is 0 Å². The second-order valence-electron chi connectivity index (χ2n) is 7.62. The van der Waals surface area contributed by atoms with Gasteiger partial charge in [-0.25, -0.2) is 9.59 Å². The van der Waals surface area contributed by atoms with E-state index in [0.717, 1.165) is 11.3 Å². The molecule has 0 N–H and O–H groups in total. The highest BCUT2D eigenvalue weighted by Gasteiger charge is 2.22. The quantitative estimate of drug-likeness (QED) is 0.621. The Kier molecular flexibility index (Phi) is 7.69. The Morgan fingerprint density at radius 1 is 1.00 bits per heavy atom. The van der Waals surface area contributed by atoms with Crippen LogP contribution in [0.15, 0.2) is 42.5 Å². The smallest absolute Gasteiger partial charge is 0.414 e. The van der Waals surface area contributed by atoms with Gasteiger partial charge in [-0.1, -0.05) is 18.2 Å². The molecule has 0 saturated heterocycles. The summed E-state index contributed by atoms with van der Waals surface area (Å²) in [5, 5.41) is 0. The number of nitrogens with zero attached hydrogens (tertiary/aromatic N) is 1. The van der Waals surface area contributed by atoms with Gasteiger partial charge in [0, 0.05) is 13.5 Å². The van der Waals surface area contributed by atoms with Crippen LogP contribution < -0.4 is 14.4 Å². The molecule has 0 fully saturated rings. The molecular formula is C23H29NO6. The van der Waals surface area contributed by atoms with Gasteiger partial charge < -0.3 is 18.9 Å². The fraction of sp³-hybridized carbons (Fsp3) is 0.391. The molecule has 7 nitrogen and oxygen atoms in total. The SMILES string of the molecule is COC(=O)c1ccc(OCCc2ccccc2N(C)C(=O)OC(C)(C)C)c(OC)c1. The first kappa shape index (κ1) is 23.1. The summed E-state index contributed by atoms with van der Waals surface area (Å²) in [4.78, 5) is 25.6. The molecule has 2 rings (SSSR count). The van der Waals surface area contributed by atoms with Crippen molar-refractivity contribution < 1.29 is 28.5 Å². The van der Waals surface area contributed by atoms with Crippen LogP contribution in [-0.2, 0) is 15.9 Å². The molecule has 0 atom stereocenters. The lowest BCUT2D eigenvalue weighted by Crippen LogP contribution is -2.34. The lowest BCUT2D eigenvalue weighted by atomic mass is 10.1. The van der Waals surface area contributed by atoms with Crippen LogP contribution in [0.1, 0.15) is 36.7 Å². The van der Waals surface area contributed by atoms with Crippen LogP contribution >= 0.6 is 0 Å². The van der Waals surface area contributed by atoms with Crippen LogP contribution in [-0.4, -0.2) is 45.5 Å². The van der Waals surface area contributed by atoms with Gasteiger partial charge in [0.25, 0.3) is 0 Å². The summed E-state index contributed by atoms with van der Waals surface area (Å²) in [6.07, 6.45) is 0.140. The molecule has 1 amide bonds. The average Bonchev–Trinajstić information content (AvgIpc) is 2.71. The van der Waals surface area contributed by atoms with Crippen molar-refractivity contribution in [3.63, 3.8) is 0 Å². The van der Waals surface area contributed by atoms with Crippen molar-refractivity contribution in [2.75, 3.05) is 32.8 Å². The standard InChI is InChI=1S/C23H29NO6/c1-23(2,3)30-22(26)24(4)18-10-8-7-9-16(18)13-14-29-19-12-11-17(21(25)28-6)15-20(19)27-5/h7-12,15H,13-14H2,1-6H3. The second kappa shape index (κ2) is 10.0. The summed E-state index contributed by atoms with van der Waals surface area (Å²) in [6.45, 7) is 5.85. The van der Waals surface area contributed by atoms with Gasteiger partial charge in [-0.3, -0.25) is 4.90 Å². The normalized spacial score (nSPS) is 10.9. The summed E-state index contributed by atoms with van der Waals surface area (Å²) in [7, 11) is 4.52. The highest BCUT2D eigenvalue weighted by molar-refractivity contribution is 5.90. The van der Waals surface area contributed by atoms with Gasteiger partial charge >= 0.3 is 12.1 Å². The Labute approximate surface area is 177 Å². The van der Waals surface area contributed by atoms with E-state index < -0.39 is 17.7 Å². The van der Waals surface area contributed by atoms with Gasteiger partial charge in [-0.15, -0.1) is 0 Å². The molecule has 2 aromatic rings. The molecule has 0 spiro atoms. The third-order valence-electron chi connectivity index (χ3n) is 4.23. The van der Waals surface area contributed by atoms with Crippen LogP contribution in [0.3, 0.4) is 0 Å². The van der Waals surface area contributed by atoms with Crippen molar-refractivity contribution in [3.8, 4) is 11.5 Å². The van der Waals surface area contributed by atoms with Gasteiger partial charge in [0.05, 0.1) is 32.1 Å². The number of para-hydroxylation sites is 1. The number of carbonyl (C=O) groups is 2. The Morgan fingerprint density at radius 2 is 1.70 bits per heavy atom. The van der Waals surface area contributed by atoms with E-state index in [9.17, 15) is 9.59 Å². The fourth-order valence-corrected chi connectivity index (χ4v) is 2.78. The number of anilines is 1. The number of ether oxygens (including phenoxy) is 4. The number of hydrogen-bond donors (Lipinski definition) is 0. The first-order chi connectivity index (χ1) is 14.2. The maximum atomic E-state index is 12.4. The maximum Gasteiger partial charge on any atom is 0.414 e. The molecule has 0 saturated carbocycles. The zero-order valence-electron chi connectivity index (χ0n) is 18.4. The predicted octanol–water partition coefficient (Wildman–Crippen LogP) is 4.47. The average molecular weight is 415 g/mol. The van der Waals surface area contributed by atoms with Crippen molar-refractivity contribution in [2.45, 2.75) is 32.8 Å². The van der Waals surface area contributed by atoms with E-state index in [0.29, 0.717) is 30.1 Å². The first-order valence-corrected chi connectivity index (χ1v) is 9.60. The highest BCUT2D eigenvalue weighted by Crippen LogP contribution is 2.29. The van der Waals surface area contributed by atoms with E-state index in [-0.39, 0.29) is 0 Å². The van der Waals surface area contributed by atoms with Gasteiger partial charge in [-0.05, 0) is 50.6 Å². The summed E-state index contributed by atoms with van der Waals surface area (Å²) >= 11 is 0. The van der Waals surface area contributed by atoms with Crippen LogP contribution in [0.4, 0.5) is 10.5 Å². The van der Waals surface area contributed by atoms with Gasteiger partial charge in [0.1, 0.15) is 5.60 Å². The fourth-order valence-electron chi connectivity index (χ4n) is 2.78. The Hall–Kier alpha value is -3.22. The minimum atomic E-state index is -0.573. The van der Waals surface area contributed by atoms with Crippen LogP contribution in [0.2, 0.25) is 0 Å². The molecule has 0 aliphatic carbocycles. The van der Waals surface area contributed by atoms with Crippen LogP contribution in [0.5, 0.6) is 11.5 Å². The zero-order valence-corrected chi connectivity index (χ0v) is 18.4. The van der Waals surface area contributed by atoms with Gasteiger partial charge in [0.2, 0.25) is 0 Å². The van der Waals surface area contributed by atoms with Crippen molar-refractivity contribution in [1.82, 2.24) is 0 Å². The van der Waals surface area contributed by atoms with E-state index in [1.54, 1.807) is 25.2 Å². The minimum Gasteiger partial charge on any atom is -0.493 e. The molecular weight excluding hydrogens is 386 g/mol. The number of benzene rings is 2. The number of carbonyl (C=O) groups excluding carboxylic acids is 2. The predicted molar refractivity (Wildman–Crippen MR) is 115 cm³/mol. The molecule has 0 bridgehead atoms. The lowest BCUT2D eigenvalue weighted by molar-refractivity contribution is 0.0583. The van der Waals surface area contributed by atoms with Gasteiger partial charge in [-0.2, -0.15) is 0 Å². The highest BCUT2D eigenvalue weighted by atomic mass is 16.6. The van der Waals surface area contributed by atoms with Crippen molar-refractivity contribution >= 4 is 17.7 Å². The maximum absolute atomic E-state index is 12.4. The number of esters is 1. The molecule has 0 aliphatic rings. The topological polar surface area (TPSA) is 74.3 Å². The molecule has 2 aromatic carbocycles. The van der Waals surface area contributed by atoms with E-state index in [2.05, 4.69) is 0 Å². The molecule has 7 heteroatoms. The largest absolute Gasteiger partial charge is 0.493 e. The summed E-state index contributed by atoms with van der Waals surface area (Å²) in [6, 6.07) is 12.5. The molecule has 0 aromatic heterocycles. The van der Waals surface area contributed by atoms with Crippen LogP contribution in [0, 0.1) is 0 Å². The van der Waals surface area contributed by atoms with Crippen molar-refractivity contribution in [2.24, 2.45) is 0 Å². The molecule has 0 heterocycles. The third-order valence-corrected chi connectivity index (χ3v) is 4.23. The van der Waals surface area contributed by atoms with E-state index in [1.807, 2.05) is 45.0 Å². The molecule has 0 radical (unpaired) electrons. The summed E-state index contributed by atoms with van der Waals surface area (Å²) in [5.41, 5.74) is 1.50. The molecule has 30 heavy (non-hydrogen) atoms. The number of rotatable bonds is 7. The number of hydrogen-bond acceptors (Lipinski definition) is 6. The molecule has 162 valence electrons. The zero-order chi connectivity index (χ0) is 22.3. The van der Waals surface area contributed by atoms with Gasteiger partial charge in [0.15, 0.2) is 11.5 Å². The Balaban J connectivity index is 2.09. The summed E-state index contributed by atoms with van der Waals surface area (Å²) < 4.78 is 21.4. The van der Waals surface area contributed by atoms with E-state index in [4.69, 9.17) is 18.9 Å². The molecule has 0 unspecified atom stereocenters. The van der Waals surface area contributed by atoms with E-state index >= 15 is 0 Å². The number of methoxy groups -OCH3 is 2. The van der Waals surface area contributed by atoms with E-state index in [1.165, 1.54) is 19.1 Å². The third kappa shape index (κ3) is 6.14. The van der Waals surface area contributed by atoms with Crippen molar-refractivity contribution in [1.29, 1.82) is 0 Å².